The number of aromatic nitrogens is 3. The van der Waals surface area contributed by atoms with Crippen molar-refractivity contribution in [1.29, 1.82) is 0 Å². The molecule has 0 saturated carbocycles. The molecule has 0 spiro atoms. The van der Waals surface area contributed by atoms with Crippen molar-refractivity contribution in [2.24, 2.45) is 0 Å². The number of rotatable bonds is 3. The first-order valence-corrected chi connectivity index (χ1v) is 5.01. The molecule has 2 aromatic heterocycles. The van der Waals surface area contributed by atoms with Gasteiger partial charge in [0.1, 0.15) is 11.7 Å². The van der Waals surface area contributed by atoms with Crippen LogP contribution < -0.4 is 5.32 Å². The smallest absolute Gasteiger partial charge is 0.246 e. The van der Waals surface area contributed by atoms with Crippen molar-refractivity contribution in [3.05, 3.63) is 41.9 Å². The van der Waals surface area contributed by atoms with E-state index >= 15 is 0 Å². The predicted octanol–water partition coefficient (Wildman–Crippen LogP) is 1.57. The number of hydrogen-bond acceptors (Lipinski definition) is 3. The Bertz CT molecular complexity index is 466. The van der Waals surface area contributed by atoms with Crippen LogP contribution in [0.5, 0.6) is 0 Å². The summed E-state index contributed by atoms with van der Waals surface area (Å²) in [5.74, 6) is -0.159. The largest absolute Gasteiger partial charge is 0.323 e. The maximum absolute atomic E-state index is 11.5. The highest BCUT2D eigenvalue weighted by Crippen LogP contribution is 2.09. The Morgan fingerprint density at radius 2 is 2.38 bits per heavy atom. The Kier molecular flexibility index (Phi) is 3.16. The van der Waals surface area contributed by atoms with Gasteiger partial charge in [0.2, 0.25) is 5.91 Å². The van der Waals surface area contributed by atoms with Crippen LogP contribution in [-0.4, -0.2) is 20.7 Å². The van der Waals surface area contributed by atoms with Crippen molar-refractivity contribution < 1.29 is 4.79 Å². The molecule has 0 radical (unpaired) electrons. The topological polar surface area (TPSA) is 59.8 Å². The van der Waals surface area contributed by atoms with Crippen LogP contribution in [0.1, 0.15) is 0 Å². The minimum atomic E-state index is -0.159. The Hall–Kier alpha value is -1.88. The lowest BCUT2D eigenvalue weighted by molar-refractivity contribution is -0.116. The number of amides is 1. The van der Waals surface area contributed by atoms with E-state index < -0.39 is 0 Å². The van der Waals surface area contributed by atoms with E-state index in [0.29, 0.717) is 10.8 Å². The molecule has 2 rings (SSSR count). The van der Waals surface area contributed by atoms with Gasteiger partial charge in [-0.3, -0.25) is 9.48 Å². The van der Waals surface area contributed by atoms with Crippen LogP contribution in [0.4, 0.5) is 5.69 Å². The summed E-state index contributed by atoms with van der Waals surface area (Å²) in [5.41, 5.74) is 0.613. The van der Waals surface area contributed by atoms with Gasteiger partial charge in [-0.2, -0.15) is 5.10 Å². The van der Waals surface area contributed by atoms with Gasteiger partial charge in [-0.15, -0.1) is 0 Å². The lowest BCUT2D eigenvalue weighted by Crippen LogP contribution is -2.18. The van der Waals surface area contributed by atoms with Crippen molar-refractivity contribution in [3.63, 3.8) is 0 Å². The van der Waals surface area contributed by atoms with Gasteiger partial charge < -0.3 is 5.32 Å². The van der Waals surface area contributed by atoms with Crippen LogP contribution in [0.2, 0.25) is 5.15 Å². The molecule has 0 aliphatic carbocycles. The number of pyridine rings is 1. The van der Waals surface area contributed by atoms with Crippen molar-refractivity contribution >= 4 is 23.2 Å². The van der Waals surface area contributed by atoms with Crippen LogP contribution >= 0.6 is 11.6 Å². The van der Waals surface area contributed by atoms with E-state index in [9.17, 15) is 4.79 Å². The normalized spacial score (nSPS) is 10.1. The molecule has 5 nitrogen and oxygen atoms in total. The Balaban J connectivity index is 1.95. The Morgan fingerprint density at radius 1 is 1.50 bits per heavy atom. The third-order valence-corrected chi connectivity index (χ3v) is 2.10. The second-order valence-corrected chi connectivity index (χ2v) is 3.51. The molecule has 0 unspecified atom stereocenters. The van der Waals surface area contributed by atoms with Gasteiger partial charge in [-0.05, 0) is 18.2 Å². The molecular weight excluding hydrogens is 228 g/mol. The molecule has 0 aliphatic heterocycles. The summed E-state index contributed by atoms with van der Waals surface area (Å²) in [4.78, 5) is 15.4. The molecular formula is C10H9ClN4O. The van der Waals surface area contributed by atoms with Gasteiger partial charge in [-0.25, -0.2) is 4.98 Å². The number of nitrogens with one attached hydrogen (secondary N) is 1. The average molecular weight is 237 g/mol. The number of carbonyl (C=O) groups is 1. The lowest BCUT2D eigenvalue weighted by atomic mass is 10.4. The molecule has 0 fully saturated rings. The molecule has 16 heavy (non-hydrogen) atoms. The van der Waals surface area contributed by atoms with E-state index in [2.05, 4.69) is 15.4 Å². The average Bonchev–Trinajstić information content (AvgIpc) is 2.74. The molecule has 0 aromatic carbocycles. The zero-order chi connectivity index (χ0) is 11.4. The SMILES string of the molecule is O=C(Cn1cccn1)Nc1ccc(Cl)nc1. The van der Waals surface area contributed by atoms with E-state index in [1.807, 2.05) is 0 Å². The molecule has 1 N–H and O–H groups in total. The summed E-state index contributed by atoms with van der Waals surface area (Å²) in [5, 5.41) is 7.01. The third-order valence-electron chi connectivity index (χ3n) is 1.88. The molecule has 0 atom stereocenters. The fourth-order valence-corrected chi connectivity index (χ4v) is 1.30. The fraction of sp³-hybridized carbons (Fsp3) is 0.100. The number of hydrogen-bond donors (Lipinski definition) is 1. The van der Waals surface area contributed by atoms with Gasteiger partial charge in [0, 0.05) is 12.4 Å². The quantitative estimate of drug-likeness (QED) is 0.823. The van der Waals surface area contributed by atoms with Gasteiger partial charge in [0.05, 0.1) is 11.9 Å². The van der Waals surface area contributed by atoms with Gasteiger partial charge >= 0.3 is 0 Å². The van der Waals surface area contributed by atoms with E-state index in [-0.39, 0.29) is 12.5 Å². The van der Waals surface area contributed by atoms with E-state index in [4.69, 9.17) is 11.6 Å². The maximum Gasteiger partial charge on any atom is 0.246 e. The summed E-state index contributed by atoms with van der Waals surface area (Å²) in [6.07, 6.45) is 4.85. The number of halogens is 1. The molecule has 2 heterocycles. The molecule has 0 bridgehead atoms. The van der Waals surface area contributed by atoms with Crippen LogP contribution in [0.3, 0.4) is 0 Å². The number of nitrogens with zero attached hydrogens (tertiary/aromatic N) is 3. The fourth-order valence-electron chi connectivity index (χ4n) is 1.19. The summed E-state index contributed by atoms with van der Waals surface area (Å²) in [6, 6.07) is 5.07. The highest BCUT2D eigenvalue weighted by molar-refractivity contribution is 6.29. The van der Waals surface area contributed by atoms with Crippen LogP contribution in [0.25, 0.3) is 0 Å². The van der Waals surface area contributed by atoms with E-state index in [1.54, 1.807) is 35.3 Å². The monoisotopic (exact) mass is 236 g/mol. The molecule has 0 saturated heterocycles. The number of carbonyl (C=O) groups excluding carboxylic acids is 1. The van der Waals surface area contributed by atoms with Crippen molar-refractivity contribution in [2.75, 3.05) is 5.32 Å². The molecule has 82 valence electrons. The minimum Gasteiger partial charge on any atom is -0.323 e. The van der Waals surface area contributed by atoms with Crippen molar-refractivity contribution in [1.82, 2.24) is 14.8 Å². The summed E-state index contributed by atoms with van der Waals surface area (Å²) >= 11 is 5.63. The summed E-state index contributed by atoms with van der Waals surface area (Å²) in [6.45, 7) is 0.176. The maximum atomic E-state index is 11.5. The van der Waals surface area contributed by atoms with E-state index in [1.165, 1.54) is 6.20 Å². The highest BCUT2D eigenvalue weighted by atomic mass is 35.5. The Morgan fingerprint density at radius 3 is 3.00 bits per heavy atom. The zero-order valence-electron chi connectivity index (χ0n) is 8.30. The first-order chi connectivity index (χ1) is 7.74. The molecule has 2 aromatic rings. The molecule has 6 heteroatoms. The van der Waals surface area contributed by atoms with E-state index in [0.717, 1.165) is 0 Å². The van der Waals surface area contributed by atoms with Crippen LogP contribution in [0.15, 0.2) is 36.8 Å². The zero-order valence-corrected chi connectivity index (χ0v) is 9.05. The first-order valence-electron chi connectivity index (χ1n) is 4.63. The first kappa shape index (κ1) is 10.6. The summed E-state index contributed by atoms with van der Waals surface area (Å²) in [7, 11) is 0. The van der Waals surface area contributed by atoms with Crippen LogP contribution in [-0.2, 0) is 11.3 Å². The molecule has 1 amide bonds. The number of anilines is 1. The minimum absolute atomic E-state index is 0.159. The van der Waals surface area contributed by atoms with Crippen molar-refractivity contribution in [2.45, 2.75) is 6.54 Å². The van der Waals surface area contributed by atoms with Gasteiger partial charge in [0.25, 0.3) is 0 Å². The summed E-state index contributed by atoms with van der Waals surface area (Å²) < 4.78 is 1.54. The van der Waals surface area contributed by atoms with Crippen LogP contribution in [0, 0.1) is 0 Å². The highest BCUT2D eigenvalue weighted by Gasteiger charge is 2.03. The second kappa shape index (κ2) is 4.76. The van der Waals surface area contributed by atoms with Gasteiger partial charge in [0.15, 0.2) is 0 Å². The Labute approximate surface area is 97.1 Å². The molecule has 0 aliphatic rings. The third kappa shape index (κ3) is 2.80. The second-order valence-electron chi connectivity index (χ2n) is 3.12. The lowest BCUT2D eigenvalue weighted by Gasteiger charge is -2.04. The standard InChI is InChI=1S/C10H9ClN4O/c11-9-3-2-8(6-12-9)14-10(16)7-15-5-1-4-13-15/h1-6H,7H2,(H,14,16). The van der Waals surface area contributed by atoms with Crippen molar-refractivity contribution in [3.8, 4) is 0 Å². The van der Waals surface area contributed by atoms with Gasteiger partial charge in [-0.1, -0.05) is 11.6 Å². The predicted molar refractivity (Wildman–Crippen MR) is 60.1 cm³/mol.